The van der Waals surface area contributed by atoms with Crippen LogP contribution in [-0.4, -0.2) is 36.9 Å². The van der Waals surface area contributed by atoms with E-state index in [2.05, 4.69) is 15.0 Å². The number of carbonyl (C=O) groups excluding carboxylic acids is 1. The number of amides is 1. The lowest BCUT2D eigenvalue weighted by Crippen LogP contribution is -2.55. The van der Waals surface area contributed by atoms with Gasteiger partial charge in [-0.3, -0.25) is 4.79 Å². The number of nitrogens with zero attached hydrogens (tertiary/aromatic N) is 2. The maximum absolute atomic E-state index is 12.8. The summed E-state index contributed by atoms with van der Waals surface area (Å²) in [6.07, 6.45) is 1.25. The minimum atomic E-state index is -3.74. The molecule has 0 bridgehead atoms. The molecule has 0 aliphatic carbocycles. The van der Waals surface area contributed by atoms with Gasteiger partial charge in [0.2, 0.25) is 10.0 Å². The predicted molar refractivity (Wildman–Crippen MR) is 92.5 cm³/mol. The number of carbonyl (C=O) groups is 1. The van der Waals surface area contributed by atoms with Crippen molar-refractivity contribution in [1.29, 1.82) is 0 Å². The number of rotatable bonds is 1. The number of benzene rings is 1. The van der Waals surface area contributed by atoms with Gasteiger partial charge in [0.05, 0.1) is 5.69 Å². The van der Waals surface area contributed by atoms with E-state index in [1.807, 2.05) is 6.07 Å². The lowest BCUT2D eigenvalue weighted by molar-refractivity contribution is -0.133. The quantitative estimate of drug-likeness (QED) is 0.731. The molecule has 0 radical (unpaired) electrons. The van der Waals surface area contributed by atoms with Gasteiger partial charge in [0.1, 0.15) is 10.0 Å². The Morgan fingerprint density at radius 1 is 1.28 bits per heavy atom. The highest BCUT2D eigenvalue weighted by Gasteiger charge is 2.36. The topological polar surface area (TPSA) is 91.4 Å². The third-order valence-corrected chi connectivity index (χ3v) is 6.22. The van der Waals surface area contributed by atoms with Gasteiger partial charge in [0.15, 0.2) is 6.17 Å². The molecule has 1 aromatic carbocycles. The number of sulfonamides is 1. The molecule has 0 spiro atoms. The molecule has 0 saturated carbocycles. The first-order valence-electron chi connectivity index (χ1n) is 7.75. The molecule has 1 atom stereocenters. The van der Waals surface area contributed by atoms with E-state index in [0.717, 1.165) is 11.1 Å². The van der Waals surface area contributed by atoms with Crippen molar-refractivity contribution in [2.45, 2.75) is 24.0 Å². The van der Waals surface area contributed by atoms with E-state index in [1.165, 1.54) is 6.07 Å². The Morgan fingerprint density at radius 2 is 2.08 bits per heavy atom. The SMILES string of the molecule is O=C(C1Nc2ccccc2S(=O)(=O)N1)N1CCc2ccnc(Cl)c2C1. The Balaban J connectivity index is 1.60. The van der Waals surface area contributed by atoms with Crippen LogP contribution in [0.4, 0.5) is 5.69 Å². The number of hydrogen-bond acceptors (Lipinski definition) is 5. The van der Waals surface area contributed by atoms with Crippen LogP contribution in [0.25, 0.3) is 0 Å². The number of nitrogens with one attached hydrogen (secondary N) is 2. The molecule has 3 heterocycles. The first-order chi connectivity index (χ1) is 12.0. The van der Waals surface area contributed by atoms with Gasteiger partial charge in [-0.1, -0.05) is 23.7 Å². The van der Waals surface area contributed by atoms with Crippen LogP contribution in [-0.2, 0) is 27.8 Å². The third kappa shape index (κ3) is 2.86. The number of halogens is 1. The molecule has 1 aromatic heterocycles. The van der Waals surface area contributed by atoms with Gasteiger partial charge in [-0.25, -0.2) is 13.4 Å². The third-order valence-electron chi connectivity index (χ3n) is 4.41. The summed E-state index contributed by atoms with van der Waals surface area (Å²) in [5.41, 5.74) is 2.28. The molecule has 7 nitrogen and oxygen atoms in total. The van der Waals surface area contributed by atoms with Crippen LogP contribution < -0.4 is 10.0 Å². The van der Waals surface area contributed by atoms with Crippen molar-refractivity contribution >= 4 is 33.2 Å². The minimum Gasteiger partial charge on any atom is -0.360 e. The average Bonchev–Trinajstić information content (AvgIpc) is 2.61. The van der Waals surface area contributed by atoms with Crippen molar-refractivity contribution in [3.8, 4) is 0 Å². The van der Waals surface area contributed by atoms with Crippen molar-refractivity contribution < 1.29 is 13.2 Å². The molecule has 1 amide bonds. The fourth-order valence-corrected chi connectivity index (χ4v) is 4.65. The molecular weight excluding hydrogens is 364 g/mol. The van der Waals surface area contributed by atoms with E-state index < -0.39 is 16.2 Å². The summed E-state index contributed by atoms with van der Waals surface area (Å²) >= 11 is 6.13. The summed E-state index contributed by atoms with van der Waals surface area (Å²) in [7, 11) is -3.74. The molecule has 1 unspecified atom stereocenters. The van der Waals surface area contributed by atoms with Gasteiger partial charge in [-0.05, 0) is 30.2 Å². The van der Waals surface area contributed by atoms with Gasteiger partial charge in [-0.15, -0.1) is 0 Å². The van der Waals surface area contributed by atoms with E-state index in [-0.39, 0.29) is 10.8 Å². The minimum absolute atomic E-state index is 0.135. The Kier molecular flexibility index (Phi) is 3.90. The van der Waals surface area contributed by atoms with Crippen molar-refractivity contribution in [3.63, 3.8) is 0 Å². The van der Waals surface area contributed by atoms with Crippen LogP contribution in [0, 0.1) is 0 Å². The highest BCUT2D eigenvalue weighted by atomic mass is 35.5. The zero-order chi connectivity index (χ0) is 17.6. The summed E-state index contributed by atoms with van der Waals surface area (Å²) in [6, 6.07) is 8.38. The van der Waals surface area contributed by atoms with Crippen molar-refractivity contribution in [2.24, 2.45) is 0 Å². The van der Waals surface area contributed by atoms with Crippen molar-refractivity contribution in [1.82, 2.24) is 14.6 Å². The summed E-state index contributed by atoms with van der Waals surface area (Å²) < 4.78 is 27.1. The lowest BCUT2D eigenvalue weighted by atomic mass is 10.0. The van der Waals surface area contributed by atoms with Crippen LogP contribution in [0.1, 0.15) is 11.1 Å². The molecule has 25 heavy (non-hydrogen) atoms. The second-order valence-electron chi connectivity index (χ2n) is 5.94. The predicted octanol–water partition coefficient (Wildman–Crippen LogP) is 1.35. The number of hydrogen-bond donors (Lipinski definition) is 2. The molecule has 2 aliphatic rings. The maximum atomic E-state index is 12.8. The van der Waals surface area contributed by atoms with Crippen molar-refractivity contribution in [3.05, 3.63) is 52.8 Å². The summed E-state index contributed by atoms with van der Waals surface area (Å²) in [6.45, 7) is 0.802. The largest absolute Gasteiger partial charge is 0.360 e. The standard InChI is InChI=1S/C16H15ClN4O3S/c17-14-11-9-21(8-6-10(11)5-7-18-14)16(22)15-19-12-3-1-2-4-13(12)25(23,24)20-15/h1-5,7,15,19-20H,6,8-9H2. The van der Waals surface area contributed by atoms with Crippen LogP contribution in [0.2, 0.25) is 5.15 Å². The van der Waals surface area contributed by atoms with Gasteiger partial charge in [-0.2, -0.15) is 4.72 Å². The first kappa shape index (κ1) is 16.3. The molecule has 0 saturated heterocycles. The lowest BCUT2D eigenvalue weighted by Gasteiger charge is -2.34. The zero-order valence-electron chi connectivity index (χ0n) is 13.1. The number of pyridine rings is 1. The molecule has 2 aromatic rings. The fourth-order valence-electron chi connectivity index (χ4n) is 3.14. The Labute approximate surface area is 150 Å². The maximum Gasteiger partial charge on any atom is 0.261 e. The van der Waals surface area contributed by atoms with Crippen LogP contribution in [0.15, 0.2) is 41.4 Å². The van der Waals surface area contributed by atoms with E-state index in [4.69, 9.17) is 11.6 Å². The van der Waals surface area contributed by atoms with E-state index in [9.17, 15) is 13.2 Å². The molecule has 2 N–H and O–H groups in total. The number of para-hydroxylation sites is 1. The smallest absolute Gasteiger partial charge is 0.261 e. The van der Waals surface area contributed by atoms with Crippen LogP contribution in [0.5, 0.6) is 0 Å². The molecule has 2 aliphatic heterocycles. The molecule has 0 fully saturated rings. The summed E-state index contributed by atoms with van der Waals surface area (Å²) in [5.74, 6) is -0.344. The average molecular weight is 379 g/mol. The highest BCUT2D eigenvalue weighted by molar-refractivity contribution is 7.89. The molecule has 130 valence electrons. The monoisotopic (exact) mass is 378 g/mol. The number of aromatic nitrogens is 1. The second kappa shape index (κ2) is 5.98. The van der Waals surface area contributed by atoms with Crippen LogP contribution >= 0.6 is 11.6 Å². The normalized spacial score (nSPS) is 21.0. The van der Waals surface area contributed by atoms with Gasteiger partial charge >= 0.3 is 0 Å². The van der Waals surface area contributed by atoms with E-state index in [0.29, 0.717) is 30.4 Å². The summed E-state index contributed by atoms with van der Waals surface area (Å²) in [5, 5.41) is 3.33. The highest BCUT2D eigenvalue weighted by Crippen LogP contribution is 2.28. The molecule has 4 rings (SSSR count). The Bertz CT molecular complexity index is 964. The zero-order valence-corrected chi connectivity index (χ0v) is 14.6. The van der Waals surface area contributed by atoms with Crippen LogP contribution in [0.3, 0.4) is 0 Å². The Morgan fingerprint density at radius 3 is 2.92 bits per heavy atom. The van der Waals surface area contributed by atoms with Crippen molar-refractivity contribution in [2.75, 3.05) is 11.9 Å². The first-order valence-corrected chi connectivity index (χ1v) is 9.61. The summed E-state index contributed by atoms with van der Waals surface area (Å²) in [4.78, 5) is 18.6. The Hall–Kier alpha value is -2.16. The van der Waals surface area contributed by atoms with E-state index in [1.54, 1.807) is 29.3 Å². The second-order valence-corrected chi connectivity index (χ2v) is 7.98. The fraction of sp³-hybridized carbons (Fsp3) is 0.250. The van der Waals surface area contributed by atoms with Gasteiger partial charge in [0.25, 0.3) is 5.91 Å². The number of fused-ring (bicyclic) bond motifs is 2. The molecule has 9 heteroatoms. The van der Waals surface area contributed by atoms with Gasteiger partial charge < -0.3 is 10.2 Å². The van der Waals surface area contributed by atoms with E-state index >= 15 is 0 Å². The van der Waals surface area contributed by atoms with Gasteiger partial charge in [0, 0.05) is 24.8 Å². The molecular formula is C16H15ClN4O3S. The number of anilines is 1.